The number of hydrogen-bond donors (Lipinski definition) is 1. The molecule has 0 aromatic heterocycles. The highest BCUT2D eigenvalue weighted by molar-refractivity contribution is 7.99. The first-order valence-electron chi connectivity index (χ1n) is 6.43. The van der Waals surface area contributed by atoms with E-state index in [1.807, 2.05) is 37.3 Å². The van der Waals surface area contributed by atoms with Gasteiger partial charge in [-0.1, -0.05) is 30.3 Å². The molecule has 0 aliphatic rings. The van der Waals surface area contributed by atoms with Crippen LogP contribution in [0.3, 0.4) is 0 Å². The molecule has 20 heavy (non-hydrogen) atoms. The Morgan fingerprint density at radius 1 is 1.10 bits per heavy atom. The van der Waals surface area contributed by atoms with Gasteiger partial charge in [-0.25, -0.2) is 4.39 Å². The van der Waals surface area contributed by atoms with Gasteiger partial charge in [0.1, 0.15) is 11.6 Å². The van der Waals surface area contributed by atoms with E-state index in [-0.39, 0.29) is 17.1 Å². The molecular formula is C16H18FNOS. The summed E-state index contributed by atoms with van der Waals surface area (Å²) in [5.41, 5.74) is 7.08. The molecule has 0 saturated heterocycles. The minimum atomic E-state index is -0.224. The van der Waals surface area contributed by atoms with Crippen LogP contribution in [0.15, 0.2) is 53.4 Å². The van der Waals surface area contributed by atoms with Crippen molar-refractivity contribution in [2.75, 3.05) is 7.11 Å². The van der Waals surface area contributed by atoms with Crippen molar-refractivity contribution in [3.05, 3.63) is 59.9 Å². The normalized spacial score (nSPS) is 13.8. The smallest absolute Gasteiger partial charge is 0.136 e. The molecule has 2 atom stereocenters. The van der Waals surface area contributed by atoms with Gasteiger partial charge in [0, 0.05) is 16.5 Å². The van der Waals surface area contributed by atoms with Crippen molar-refractivity contribution < 1.29 is 9.13 Å². The lowest BCUT2D eigenvalue weighted by atomic mass is 10.1. The standard InChI is InChI=1S/C16H18FNOS/c1-11(18)16(12-7-3-5-9-14(12)19-2)20-15-10-6-4-8-13(15)17/h3-11,16H,18H2,1-2H3. The second kappa shape index (κ2) is 6.77. The number of benzene rings is 2. The van der Waals surface area contributed by atoms with Gasteiger partial charge in [0.25, 0.3) is 0 Å². The lowest BCUT2D eigenvalue weighted by molar-refractivity contribution is 0.408. The Balaban J connectivity index is 2.35. The van der Waals surface area contributed by atoms with Gasteiger partial charge in [-0.15, -0.1) is 11.8 Å². The maximum atomic E-state index is 13.8. The second-order valence-corrected chi connectivity index (χ2v) is 5.75. The van der Waals surface area contributed by atoms with Crippen molar-refractivity contribution in [2.45, 2.75) is 23.1 Å². The van der Waals surface area contributed by atoms with Gasteiger partial charge < -0.3 is 10.5 Å². The Morgan fingerprint density at radius 3 is 2.40 bits per heavy atom. The second-order valence-electron chi connectivity index (χ2n) is 4.57. The number of methoxy groups -OCH3 is 1. The van der Waals surface area contributed by atoms with E-state index in [2.05, 4.69) is 0 Å². The summed E-state index contributed by atoms with van der Waals surface area (Å²) in [5.74, 6) is 0.552. The Labute approximate surface area is 123 Å². The van der Waals surface area contributed by atoms with Gasteiger partial charge in [0.15, 0.2) is 0 Å². The van der Waals surface area contributed by atoms with Crippen molar-refractivity contribution in [3.63, 3.8) is 0 Å². The van der Waals surface area contributed by atoms with Gasteiger partial charge in [-0.3, -0.25) is 0 Å². The Kier molecular flexibility index (Phi) is 5.04. The van der Waals surface area contributed by atoms with Crippen LogP contribution in [0.4, 0.5) is 4.39 Å². The average molecular weight is 291 g/mol. The topological polar surface area (TPSA) is 35.2 Å². The molecule has 2 rings (SSSR count). The largest absolute Gasteiger partial charge is 0.496 e. The van der Waals surface area contributed by atoms with Crippen molar-refractivity contribution in [2.24, 2.45) is 5.73 Å². The summed E-state index contributed by atoms with van der Waals surface area (Å²) in [7, 11) is 1.63. The van der Waals surface area contributed by atoms with Gasteiger partial charge >= 0.3 is 0 Å². The summed E-state index contributed by atoms with van der Waals surface area (Å²) in [6.07, 6.45) is 0. The number of nitrogens with two attached hydrogens (primary N) is 1. The van der Waals surface area contributed by atoms with E-state index in [1.54, 1.807) is 19.2 Å². The summed E-state index contributed by atoms with van der Waals surface area (Å²) >= 11 is 1.43. The summed E-state index contributed by atoms with van der Waals surface area (Å²) < 4.78 is 19.2. The monoisotopic (exact) mass is 291 g/mol. The van der Waals surface area contributed by atoms with Crippen LogP contribution >= 0.6 is 11.8 Å². The first kappa shape index (κ1) is 14.9. The third-order valence-corrected chi connectivity index (χ3v) is 4.54. The SMILES string of the molecule is COc1ccccc1C(Sc1ccccc1F)C(C)N. The molecule has 0 saturated carbocycles. The highest BCUT2D eigenvalue weighted by Crippen LogP contribution is 2.41. The van der Waals surface area contributed by atoms with Crippen molar-refractivity contribution >= 4 is 11.8 Å². The molecule has 0 spiro atoms. The van der Waals surface area contributed by atoms with E-state index in [1.165, 1.54) is 17.8 Å². The van der Waals surface area contributed by atoms with Crippen LogP contribution in [-0.4, -0.2) is 13.2 Å². The number of ether oxygens (including phenoxy) is 1. The molecule has 0 bridgehead atoms. The molecule has 0 radical (unpaired) electrons. The van der Waals surface area contributed by atoms with E-state index in [4.69, 9.17) is 10.5 Å². The van der Waals surface area contributed by atoms with Crippen molar-refractivity contribution in [1.82, 2.24) is 0 Å². The summed E-state index contributed by atoms with van der Waals surface area (Å²) in [4.78, 5) is 0.598. The number of rotatable bonds is 5. The fourth-order valence-corrected chi connectivity index (χ4v) is 3.18. The summed E-state index contributed by atoms with van der Waals surface area (Å²) in [5, 5.41) is -0.0666. The molecule has 0 aliphatic heterocycles. The van der Waals surface area contributed by atoms with Crippen LogP contribution in [0.5, 0.6) is 5.75 Å². The third kappa shape index (κ3) is 3.32. The Morgan fingerprint density at radius 2 is 1.75 bits per heavy atom. The molecule has 0 amide bonds. The summed E-state index contributed by atoms with van der Waals surface area (Å²) in [6.45, 7) is 1.92. The maximum absolute atomic E-state index is 13.8. The lowest BCUT2D eigenvalue weighted by Gasteiger charge is -2.23. The predicted octanol–water partition coefficient (Wildman–Crippen LogP) is 4.01. The van der Waals surface area contributed by atoms with Crippen LogP contribution in [-0.2, 0) is 0 Å². The lowest BCUT2D eigenvalue weighted by Crippen LogP contribution is -2.23. The Bertz CT molecular complexity index is 574. The number of hydrogen-bond acceptors (Lipinski definition) is 3. The number of halogens is 1. The van der Waals surface area contributed by atoms with Crippen LogP contribution in [0.1, 0.15) is 17.7 Å². The minimum absolute atomic E-state index is 0.0666. The van der Waals surface area contributed by atoms with Gasteiger partial charge in [0.05, 0.1) is 12.4 Å². The molecule has 0 heterocycles. The fraction of sp³-hybridized carbons (Fsp3) is 0.250. The molecule has 0 fully saturated rings. The predicted molar refractivity (Wildman–Crippen MR) is 81.6 cm³/mol. The zero-order chi connectivity index (χ0) is 14.5. The van der Waals surface area contributed by atoms with E-state index < -0.39 is 0 Å². The molecule has 2 unspecified atom stereocenters. The van der Waals surface area contributed by atoms with E-state index in [9.17, 15) is 4.39 Å². The quantitative estimate of drug-likeness (QED) is 0.845. The van der Waals surface area contributed by atoms with E-state index in [0.29, 0.717) is 4.90 Å². The van der Waals surface area contributed by atoms with Crippen LogP contribution in [0.2, 0.25) is 0 Å². The molecule has 2 N–H and O–H groups in total. The zero-order valence-corrected chi connectivity index (χ0v) is 12.4. The Hall–Kier alpha value is -1.52. The molecule has 4 heteroatoms. The molecular weight excluding hydrogens is 273 g/mol. The van der Waals surface area contributed by atoms with Crippen molar-refractivity contribution in [3.8, 4) is 5.75 Å². The van der Waals surface area contributed by atoms with Gasteiger partial charge in [-0.2, -0.15) is 0 Å². The van der Waals surface area contributed by atoms with Gasteiger partial charge in [0.2, 0.25) is 0 Å². The van der Waals surface area contributed by atoms with E-state index in [0.717, 1.165) is 11.3 Å². The maximum Gasteiger partial charge on any atom is 0.136 e. The van der Waals surface area contributed by atoms with E-state index >= 15 is 0 Å². The molecule has 106 valence electrons. The van der Waals surface area contributed by atoms with Crippen molar-refractivity contribution in [1.29, 1.82) is 0 Å². The van der Waals surface area contributed by atoms with Crippen LogP contribution in [0, 0.1) is 5.82 Å². The zero-order valence-electron chi connectivity index (χ0n) is 11.5. The van der Waals surface area contributed by atoms with Crippen LogP contribution in [0.25, 0.3) is 0 Å². The fourth-order valence-electron chi connectivity index (χ4n) is 2.03. The molecule has 2 aromatic carbocycles. The average Bonchev–Trinajstić information content (AvgIpc) is 2.46. The number of para-hydroxylation sites is 1. The first-order valence-corrected chi connectivity index (χ1v) is 7.31. The highest BCUT2D eigenvalue weighted by Gasteiger charge is 2.22. The molecule has 2 aromatic rings. The summed E-state index contributed by atoms with van der Waals surface area (Å²) in [6, 6.07) is 14.3. The minimum Gasteiger partial charge on any atom is -0.496 e. The first-order chi connectivity index (χ1) is 9.63. The third-order valence-electron chi connectivity index (χ3n) is 3.01. The number of thioether (sulfide) groups is 1. The van der Waals surface area contributed by atoms with Crippen LogP contribution < -0.4 is 10.5 Å². The highest BCUT2D eigenvalue weighted by atomic mass is 32.2. The molecule has 0 aliphatic carbocycles. The van der Waals surface area contributed by atoms with Gasteiger partial charge in [-0.05, 0) is 25.1 Å². The molecule has 2 nitrogen and oxygen atoms in total.